The standard InChI is InChI=1S/C21H34N6O2/c1-15-25-26-19(27(15)5)14-24-20(22-11-12-29-6)23-13-18(28)16-7-9-17(10-8-16)21(2,3)4/h7-10,18,28H,11-14H2,1-6H3,(H2,22,23,24). The van der Waals surface area contributed by atoms with Crippen LogP contribution in [0.1, 0.15) is 49.7 Å². The normalized spacial score (nSPS) is 13.4. The number of rotatable bonds is 8. The zero-order valence-corrected chi connectivity index (χ0v) is 18.4. The highest BCUT2D eigenvalue weighted by molar-refractivity contribution is 5.79. The molecule has 0 spiro atoms. The van der Waals surface area contributed by atoms with Gasteiger partial charge in [0.15, 0.2) is 11.8 Å². The lowest BCUT2D eigenvalue weighted by atomic mass is 9.86. The maximum absolute atomic E-state index is 10.6. The number of nitrogens with one attached hydrogen (secondary N) is 2. The van der Waals surface area contributed by atoms with Crippen LogP contribution >= 0.6 is 0 Å². The number of aliphatic hydroxyl groups excluding tert-OH is 1. The van der Waals surface area contributed by atoms with E-state index >= 15 is 0 Å². The summed E-state index contributed by atoms with van der Waals surface area (Å²) in [4.78, 5) is 4.56. The Bertz CT molecular complexity index is 792. The number of nitrogens with zero attached hydrogens (tertiary/aromatic N) is 4. The van der Waals surface area contributed by atoms with E-state index in [1.165, 1.54) is 5.56 Å². The Morgan fingerprint density at radius 3 is 2.45 bits per heavy atom. The Hall–Kier alpha value is -2.45. The van der Waals surface area contributed by atoms with Crippen LogP contribution in [0.3, 0.4) is 0 Å². The van der Waals surface area contributed by atoms with Crippen LogP contribution < -0.4 is 10.6 Å². The second kappa shape index (κ2) is 10.4. The number of hydrogen-bond acceptors (Lipinski definition) is 5. The summed E-state index contributed by atoms with van der Waals surface area (Å²) in [5, 5.41) is 25.1. The van der Waals surface area contributed by atoms with Crippen molar-refractivity contribution in [3.8, 4) is 0 Å². The lowest BCUT2D eigenvalue weighted by molar-refractivity contribution is 0.180. The number of methoxy groups -OCH3 is 1. The summed E-state index contributed by atoms with van der Waals surface area (Å²) in [6, 6.07) is 8.09. The number of aliphatic hydroxyl groups is 1. The summed E-state index contributed by atoms with van der Waals surface area (Å²) in [6.45, 7) is 10.3. The molecule has 0 radical (unpaired) electrons. The van der Waals surface area contributed by atoms with Gasteiger partial charge in [0, 0.05) is 27.2 Å². The molecule has 0 bridgehead atoms. The van der Waals surface area contributed by atoms with Crippen molar-refractivity contribution in [2.45, 2.75) is 45.8 Å². The van der Waals surface area contributed by atoms with Gasteiger partial charge in [0.2, 0.25) is 0 Å². The smallest absolute Gasteiger partial charge is 0.191 e. The average Bonchev–Trinajstić information content (AvgIpc) is 3.01. The van der Waals surface area contributed by atoms with E-state index in [-0.39, 0.29) is 5.41 Å². The predicted molar refractivity (Wildman–Crippen MR) is 115 cm³/mol. The zero-order chi connectivity index (χ0) is 21.4. The Morgan fingerprint density at radius 1 is 1.21 bits per heavy atom. The molecule has 1 atom stereocenters. The van der Waals surface area contributed by atoms with Gasteiger partial charge in [0.1, 0.15) is 12.4 Å². The molecule has 2 aromatic rings. The number of aryl methyl sites for hydroxylation is 1. The van der Waals surface area contributed by atoms with Crippen molar-refractivity contribution < 1.29 is 9.84 Å². The predicted octanol–water partition coefficient (Wildman–Crippen LogP) is 1.84. The van der Waals surface area contributed by atoms with Gasteiger partial charge in [-0.05, 0) is 23.5 Å². The summed E-state index contributed by atoms with van der Waals surface area (Å²) < 4.78 is 6.99. The average molecular weight is 403 g/mol. The fourth-order valence-electron chi connectivity index (χ4n) is 2.70. The molecule has 0 saturated carbocycles. The number of guanidine groups is 1. The van der Waals surface area contributed by atoms with Gasteiger partial charge in [0.25, 0.3) is 0 Å². The summed E-state index contributed by atoms with van der Waals surface area (Å²) in [7, 11) is 3.57. The van der Waals surface area contributed by atoms with E-state index in [1.54, 1.807) is 7.11 Å². The summed E-state index contributed by atoms with van der Waals surface area (Å²) in [5.74, 6) is 2.20. The minimum absolute atomic E-state index is 0.0883. The molecule has 29 heavy (non-hydrogen) atoms. The van der Waals surface area contributed by atoms with Gasteiger partial charge in [0.05, 0.1) is 12.7 Å². The zero-order valence-electron chi connectivity index (χ0n) is 18.4. The molecule has 1 heterocycles. The lowest BCUT2D eigenvalue weighted by Gasteiger charge is -2.20. The third-order valence-corrected chi connectivity index (χ3v) is 4.78. The quantitative estimate of drug-likeness (QED) is 0.354. The van der Waals surface area contributed by atoms with Gasteiger partial charge >= 0.3 is 0 Å². The first-order valence-electron chi connectivity index (χ1n) is 9.87. The molecule has 1 aromatic heterocycles. The minimum Gasteiger partial charge on any atom is -0.387 e. The fourth-order valence-corrected chi connectivity index (χ4v) is 2.70. The van der Waals surface area contributed by atoms with E-state index in [0.717, 1.165) is 17.2 Å². The van der Waals surface area contributed by atoms with Crippen molar-refractivity contribution >= 4 is 5.96 Å². The third-order valence-electron chi connectivity index (χ3n) is 4.78. The van der Waals surface area contributed by atoms with Gasteiger partial charge in [-0.15, -0.1) is 10.2 Å². The Kier molecular flexibility index (Phi) is 8.16. The second-order valence-electron chi connectivity index (χ2n) is 8.08. The second-order valence-corrected chi connectivity index (χ2v) is 8.08. The van der Waals surface area contributed by atoms with Crippen LogP contribution in [0.4, 0.5) is 0 Å². The summed E-state index contributed by atoms with van der Waals surface area (Å²) in [6.07, 6.45) is -0.643. The molecule has 8 nitrogen and oxygen atoms in total. The molecule has 0 aliphatic rings. The topological polar surface area (TPSA) is 96.6 Å². The van der Waals surface area contributed by atoms with Crippen LogP contribution in [-0.2, 0) is 23.7 Å². The minimum atomic E-state index is -0.643. The summed E-state index contributed by atoms with van der Waals surface area (Å²) >= 11 is 0. The van der Waals surface area contributed by atoms with Crippen LogP contribution in [-0.4, -0.2) is 52.6 Å². The molecule has 3 N–H and O–H groups in total. The number of hydrogen-bond donors (Lipinski definition) is 3. The lowest BCUT2D eigenvalue weighted by Crippen LogP contribution is -2.41. The molecule has 0 saturated heterocycles. The number of benzene rings is 1. The molecule has 0 amide bonds. The van der Waals surface area contributed by atoms with Gasteiger partial charge in [-0.3, -0.25) is 0 Å². The van der Waals surface area contributed by atoms with Gasteiger partial charge in [-0.1, -0.05) is 45.0 Å². The van der Waals surface area contributed by atoms with E-state index in [4.69, 9.17) is 4.74 Å². The van der Waals surface area contributed by atoms with Crippen molar-refractivity contribution in [3.63, 3.8) is 0 Å². The largest absolute Gasteiger partial charge is 0.387 e. The first-order chi connectivity index (χ1) is 13.7. The van der Waals surface area contributed by atoms with Crippen molar-refractivity contribution in [2.75, 3.05) is 26.8 Å². The molecule has 160 valence electrons. The highest BCUT2D eigenvalue weighted by Gasteiger charge is 2.15. The van der Waals surface area contributed by atoms with Crippen LogP contribution in [0.2, 0.25) is 0 Å². The van der Waals surface area contributed by atoms with Crippen molar-refractivity contribution in [2.24, 2.45) is 12.0 Å². The summed E-state index contributed by atoms with van der Waals surface area (Å²) in [5.41, 5.74) is 2.19. The first kappa shape index (κ1) is 22.8. The molecule has 1 aromatic carbocycles. The fraction of sp³-hybridized carbons (Fsp3) is 0.571. The molecular weight excluding hydrogens is 368 g/mol. The van der Waals surface area contributed by atoms with Gasteiger partial charge in [-0.2, -0.15) is 0 Å². The number of aromatic nitrogens is 3. The van der Waals surface area contributed by atoms with Crippen LogP contribution in [0.25, 0.3) is 0 Å². The van der Waals surface area contributed by atoms with Crippen LogP contribution in [0.5, 0.6) is 0 Å². The van der Waals surface area contributed by atoms with Crippen LogP contribution in [0.15, 0.2) is 29.3 Å². The SMILES string of the molecule is COCCNC(=NCc1nnc(C)n1C)NCC(O)c1ccc(C(C)(C)C)cc1. The van der Waals surface area contributed by atoms with Gasteiger partial charge in [-0.25, -0.2) is 4.99 Å². The van der Waals surface area contributed by atoms with Gasteiger partial charge < -0.3 is 25.0 Å². The molecule has 0 fully saturated rings. The van der Waals surface area contributed by atoms with Crippen molar-refractivity contribution in [3.05, 3.63) is 47.0 Å². The number of ether oxygens (including phenoxy) is 1. The Labute approximate surface area is 173 Å². The molecule has 0 aliphatic heterocycles. The number of aliphatic imine (C=N–C) groups is 1. The van der Waals surface area contributed by atoms with E-state index in [0.29, 0.717) is 32.2 Å². The molecule has 1 unspecified atom stereocenters. The van der Waals surface area contributed by atoms with Crippen LogP contribution in [0, 0.1) is 6.92 Å². The van der Waals surface area contributed by atoms with E-state index in [9.17, 15) is 5.11 Å². The third kappa shape index (κ3) is 6.83. The Morgan fingerprint density at radius 2 is 1.90 bits per heavy atom. The highest BCUT2D eigenvalue weighted by Crippen LogP contribution is 2.23. The monoisotopic (exact) mass is 402 g/mol. The van der Waals surface area contributed by atoms with Crippen molar-refractivity contribution in [1.82, 2.24) is 25.4 Å². The first-order valence-corrected chi connectivity index (χ1v) is 9.87. The Balaban J connectivity index is 2.00. The van der Waals surface area contributed by atoms with Crippen molar-refractivity contribution in [1.29, 1.82) is 0 Å². The highest BCUT2D eigenvalue weighted by atomic mass is 16.5. The molecular formula is C21H34N6O2. The molecule has 0 aliphatic carbocycles. The van der Waals surface area contributed by atoms with E-state index in [2.05, 4.69) is 58.7 Å². The maximum atomic E-state index is 10.6. The van der Waals surface area contributed by atoms with E-state index < -0.39 is 6.10 Å². The molecule has 2 rings (SSSR count). The maximum Gasteiger partial charge on any atom is 0.191 e. The molecule has 8 heteroatoms. The van der Waals surface area contributed by atoms with E-state index in [1.807, 2.05) is 30.7 Å².